The van der Waals surface area contributed by atoms with Crippen LogP contribution in [0, 0.1) is 6.92 Å². The number of rotatable bonds is 7. The lowest BCUT2D eigenvalue weighted by atomic mass is 10.0. The fourth-order valence-corrected chi connectivity index (χ4v) is 4.05. The molecule has 2 N–H and O–H groups in total. The molecule has 3 heterocycles. The first-order valence-electron chi connectivity index (χ1n) is 11.0. The molecule has 2 aromatic heterocycles. The number of morpholine rings is 1. The number of nitrogens with zero attached hydrogens (tertiary/aromatic N) is 4. The Balaban J connectivity index is 1.41. The molecular formula is C24H32N6O2. The van der Waals surface area contributed by atoms with E-state index in [1.807, 2.05) is 24.3 Å². The molecule has 8 heteroatoms. The molecule has 8 nitrogen and oxygen atoms in total. The molecule has 1 atom stereocenters. The summed E-state index contributed by atoms with van der Waals surface area (Å²) in [7, 11) is 3.48. The molecule has 0 amide bonds. The zero-order valence-electron chi connectivity index (χ0n) is 19.0. The third kappa shape index (κ3) is 5.20. The van der Waals surface area contributed by atoms with Crippen molar-refractivity contribution in [1.82, 2.24) is 24.9 Å². The summed E-state index contributed by atoms with van der Waals surface area (Å²) in [6, 6.07) is 14.6. The van der Waals surface area contributed by atoms with Gasteiger partial charge in [-0.05, 0) is 36.8 Å². The number of nitrogens with one attached hydrogen (secondary N) is 2. The normalized spacial score (nSPS) is 16.2. The van der Waals surface area contributed by atoms with Crippen LogP contribution in [0.5, 0.6) is 5.75 Å². The number of hydrogen-bond acceptors (Lipinski definition) is 5. The van der Waals surface area contributed by atoms with Crippen LogP contribution in [0.25, 0.3) is 5.65 Å². The van der Waals surface area contributed by atoms with Gasteiger partial charge in [0.05, 0.1) is 38.6 Å². The number of pyridine rings is 1. The number of fused-ring (bicyclic) bond motifs is 1. The van der Waals surface area contributed by atoms with Crippen molar-refractivity contribution in [2.24, 2.45) is 4.99 Å². The molecule has 0 saturated carbocycles. The Kier molecular flexibility index (Phi) is 7.24. The SMILES string of the molecule is CN=C(NCc1cn2c(C)cccc2n1)NCC(c1ccc(OC)cc1)N1CCOCC1. The van der Waals surface area contributed by atoms with Gasteiger partial charge in [0.2, 0.25) is 0 Å². The second kappa shape index (κ2) is 10.5. The van der Waals surface area contributed by atoms with Crippen LogP contribution >= 0.6 is 0 Å². The lowest BCUT2D eigenvalue weighted by Crippen LogP contribution is -2.46. The number of ether oxygens (including phenoxy) is 2. The lowest BCUT2D eigenvalue weighted by molar-refractivity contribution is 0.0170. The van der Waals surface area contributed by atoms with E-state index in [1.165, 1.54) is 5.56 Å². The summed E-state index contributed by atoms with van der Waals surface area (Å²) in [6.45, 7) is 6.75. The summed E-state index contributed by atoms with van der Waals surface area (Å²) >= 11 is 0. The highest BCUT2D eigenvalue weighted by Gasteiger charge is 2.23. The Morgan fingerprint density at radius 3 is 2.62 bits per heavy atom. The molecule has 1 fully saturated rings. The van der Waals surface area contributed by atoms with Crippen molar-refractivity contribution in [3.63, 3.8) is 0 Å². The van der Waals surface area contributed by atoms with Crippen LogP contribution in [0.2, 0.25) is 0 Å². The first-order valence-corrected chi connectivity index (χ1v) is 11.0. The van der Waals surface area contributed by atoms with Crippen molar-refractivity contribution < 1.29 is 9.47 Å². The summed E-state index contributed by atoms with van der Waals surface area (Å²) in [5, 5.41) is 6.89. The van der Waals surface area contributed by atoms with Gasteiger partial charge in [-0.3, -0.25) is 9.89 Å². The highest BCUT2D eigenvalue weighted by atomic mass is 16.5. The summed E-state index contributed by atoms with van der Waals surface area (Å²) in [6.07, 6.45) is 2.07. The third-order valence-electron chi connectivity index (χ3n) is 5.86. The minimum absolute atomic E-state index is 0.209. The van der Waals surface area contributed by atoms with Crippen LogP contribution in [0.3, 0.4) is 0 Å². The van der Waals surface area contributed by atoms with Crippen LogP contribution in [0.4, 0.5) is 0 Å². The number of methoxy groups -OCH3 is 1. The highest BCUT2D eigenvalue weighted by molar-refractivity contribution is 5.79. The first kappa shape index (κ1) is 22.1. The summed E-state index contributed by atoms with van der Waals surface area (Å²) in [5.74, 6) is 1.62. The van der Waals surface area contributed by atoms with Crippen molar-refractivity contribution in [2.75, 3.05) is 47.0 Å². The van der Waals surface area contributed by atoms with Crippen molar-refractivity contribution in [1.29, 1.82) is 0 Å². The fraction of sp³-hybridized carbons (Fsp3) is 0.417. The van der Waals surface area contributed by atoms with Crippen molar-refractivity contribution in [3.05, 3.63) is 65.6 Å². The van der Waals surface area contributed by atoms with E-state index in [2.05, 4.69) is 56.2 Å². The standard InChI is InChI=1S/C24H32N6O2/c1-18-5-4-6-23-28-20(17-30(18)23)15-26-24(25-2)27-16-22(29-11-13-32-14-12-29)19-7-9-21(31-3)10-8-19/h4-10,17,22H,11-16H2,1-3H3,(H2,25,26,27). The van der Waals surface area contributed by atoms with Gasteiger partial charge in [-0.2, -0.15) is 0 Å². The van der Waals surface area contributed by atoms with Crippen LogP contribution in [0.1, 0.15) is 23.0 Å². The Labute approximate surface area is 189 Å². The minimum atomic E-state index is 0.209. The van der Waals surface area contributed by atoms with Gasteiger partial charge in [-0.25, -0.2) is 4.98 Å². The van der Waals surface area contributed by atoms with Gasteiger partial charge in [-0.1, -0.05) is 18.2 Å². The van der Waals surface area contributed by atoms with Crippen molar-refractivity contribution in [2.45, 2.75) is 19.5 Å². The number of benzene rings is 1. The Morgan fingerprint density at radius 2 is 1.94 bits per heavy atom. The fourth-order valence-electron chi connectivity index (χ4n) is 4.05. The Morgan fingerprint density at radius 1 is 1.16 bits per heavy atom. The van der Waals surface area contributed by atoms with Gasteiger partial charge in [0.1, 0.15) is 11.4 Å². The Bertz CT molecular complexity index is 1040. The number of guanidine groups is 1. The molecule has 0 spiro atoms. The monoisotopic (exact) mass is 436 g/mol. The summed E-state index contributed by atoms with van der Waals surface area (Å²) in [5.41, 5.74) is 4.34. The third-order valence-corrected chi connectivity index (χ3v) is 5.86. The largest absolute Gasteiger partial charge is 0.497 e. The van der Waals surface area contributed by atoms with Crippen LogP contribution in [-0.4, -0.2) is 67.2 Å². The van der Waals surface area contributed by atoms with Gasteiger partial charge < -0.3 is 24.5 Å². The second-order valence-electron chi connectivity index (χ2n) is 7.87. The lowest BCUT2D eigenvalue weighted by Gasteiger charge is -2.35. The zero-order chi connectivity index (χ0) is 22.3. The smallest absolute Gasteiger partial charge is 0.191 e. The van der Waals surface area contributed by atoms with Crippen molar-refractivity contribution >= 4 is 11.6 Å². The molecule has 170 valence electrons. The zero-order valence-corrected chi connectivity index (χ0v) is 19.0. The average Bonchev–Trinajstić information content (AvgIpc) is 3.27. The maximum atomic E-state index is 5.56. The second-order valence-corrected chi connectivity index (χ2v) is 7.87. The van der Waals surface area contributed by atoms with E-state index in [9.17, 15) is 0 Å². The molecule has 1 aliphatic heterocycles. The molecule has 1 unspecified atom stereocenters. The van der Waals surface area contributed by atoms with E-state index in [0.717, 1.165) is 61.6 Å². The summed E-state index contributed by atoms with van der Waals surface area (Å²) in [4.78, 5) is 11.6. The van der Waals surface area contributed by atoms with Gasteiger partial charge in [-0.15, -0.1) is 0 Å². The molecule has 0 aliphatic carbocycles. The summed E-state index contributed by atoms with van der Waals surface area (Å²) < 4.78 is 13.0. The van der Waals surface area contributed by atoms with Crippen LogP contribution in [-0.2, 0) is 11.3 Å². The molecular weight excluding hydrogens is 404 g/mol. The molecule has 1 aromatic carbocycles. The van der Waals surface area contributed by atoms with E-state index in [4.69, 9.17) is 14.5 Å². The van der Waals surface area contributed by atoms with Gasteiger partial charge in [0.15, 0.2) is 5.96 Å². The van der Waals surface area contributed by atoms with Gasteiger partial charge >= 0.3 is 0 Å². The van der Waals surface area contributed by atoms with E-state index in [1.54, 1.807) is 14.2 Å². The predicted octanol–water partition coefficient (Wildman–Crippen LogP) is 2.39. The van der Waals surface area contributed by atoms with Crippen LogP contribution in [0.15, 0.2) is 53.7 Å². The quantitative estimate of drug-likeness (QED) is 0.438. The molecule has 3 aromatic rings. The topological polar surface area (TPSA) is 75.4 Å². The van der Waals surface area contributed by atoms with E-state index in [0.29, 0.717) is 6.54 Å². The molecule has 1 saturated heterocycles. The van der Waals surface area contributed by atoms with Gasteiger partial charge in [0.25, 0.3) is 0 Å². The van der Waals surface area contributed by atoms with E-state index in [-0.39, 0.29) is 6.04 Å². The number of aryl methyl sites for hydroxylation is 1. The first-order chi connectivity index (χ1) is 15.7. The number of aliphatic imine (C=N–C) groups is 1. The molecule has 0 bridgehead atoms. The molecule has 32 heavy (non-hydrogen) atoms. The van der Waals surface area contributed by atoms with Gasteiger partial charge in [0, 0.05) is 38.6 Å². The number of hydrogen-bond donors (Lipinski definition) is 2. The maximum Gasteiger partial charge on any atom is 0.191 e. The molecule has 1 aliphatic rings. The maximum absolute atomic E-state index is 5.56. The van der Waals surface area contributed by atoms with E-state index < -0.39 is 0 Å². The number of aromatic nitrogens is 2. The number of imidazole rings is 1. The minimum Gasteiger partial charge on any atom is -0.497 e. The molecule has 4 rings (SSSR count). The van der Waals surface area contributed by atoms with E-state index >= 15 is 0 Å². The van der Waals surface area contributed by atoms with Crippen molar-refractivity contribution in [3.8, 4) is 5.75 Å². The highest BCUT2D eigenvalue weighted by Crippen LogP contribution is 2.23. The molecule has 0 radical (unpaired) electrons. The van der Waals surface area contributed by atoms with Crippen LogP contribution < -0.4 is 15.4 Å². The Hall–Kier alpha value is -3.10. The average molecular weight is 437 g/mol. The predicted molar refractivity (Wildman–Crippen MR) is 126 cm³/mol.